The lowest BCUT2D eigenvalue weighted by atomic mass is 10.0. The molecule has 0 saturated carbocycles. The molecule has 2 atom stereocenters. The van der Waals surface area contributed by atoms with E-state index in [9.17, 15) is 10.1 Å². The molecule has 0 bridgehead atoms. The molecule has 2 unspecified atom stereocenters. The molecule has 2 aliphatic heterocycles. The van der Waals surface area contributed by atoms with Crippen LogP contribution in [0.3, 0.4) is 0 Å². The maximum absolute atomic E-state index is 10.9. The molecule has 2 saturated heterocycles. The van der Waals surface area contributed by atoms with Crippen LogP contribution >= 0.6 is 15.9 Å². The molecular weight excluding hydrogens is 310 g/mol. The van der Waals surface area contributed by atoms with Crippen molar-refractivity contribution in [3.63, 3.8) is 0 Å². The van der Waals surface area contributed by atoms with E-state index in [-0.39, 0.29) is 10.6 Å². The summed E-state index contributed by atoms with van der Waals surface area (Å²) in [7, 11) is 0. The highest BCUT2D eigenvalue weighted by atomic mass is 79.9. The van der Waals surface area contributed by atoms with Crippen LogP contribution in [0.5, 0.6) is 0 Å². The Morgan fingerprint density at radius 1 is 1.37 bits per heavy atom. The second kappa shape index (κ2) is 4.76. The zero-order chi connectivity index (χ0) is 13.6. The molecule has 2 heterocycles. The largest absolute Gasteiger partial charge is 0.370 e. The van der Waals surface area contributed by atoms with E-state index < -0.39 is 0 Å². The van der Waals surface area contributed by atoms with Gasteiger partial charge in [0.05, 0.1) is 10.6 Å². The molecule has 0 aromatic heterocycles. The molecule has 0 radical (unpaired) electrons. The number of aryl methyl sites for hydroxylation is 1. The van der Waals surface area contributed by atoms with Gasteiger partial charge in [0.15, 0.2) is 0 Å². The summed E-state index contributed by atoms with van der Waals surface area (Å²) < 4.78 is 0.817. The van der Waals surface area contributed by atoms with Gasteiger partial charge in [-0.25, -0.2) is 0 Å². The Morgan fingerprint density at radius 3 is 2.58 bits per heavy atom. The number of nitrogens with one attached hydrogen (secondary N) is 1. The van der Waals surface area contributed by atoms with Crippen LogP contribution < -0.4 is 10.2 Å². The van der Waals surface area contributed by atoms with E-state index in [4.69, 9.17) is 0 Å². The third-order valence-corrected chi connectivity index (χ3v) is 4.83. The van der Waals surface area contributed by atoms with Gasteiger partial charge in [-0.1, -0.05) is 0 Å². The average molecular weight is 326 g/mol. The molecule has 1 aromatic rings. The number of fused-ring (bicyclic) bond motifs is 1. The lowest BCUT2D eigenvalue weighted by Crippen LogP contribution is -2.25. The topological polar surface area (TPSA) is 58.4 Å². The zero-order valence-electron chi connectivity index (χ0n) is 10.7. The highest BCUT2D eigenvalue weighted by molar-refractivity contribution is 9.10. The average Bonchev–Trinajstić information content (AvgIpc) is 2.91. The predicted molar refractivity (Wildman–Crippen MR) is 77.6 cm³/mol. The number of benzene rings is 1. The van der Waals surface area contributed by atoms with Crippen molar-refractivity contribution in [1.82, 2.24) is 5.32 Å². The standard InChI is InChI=1S/C13H16BrN3O2/c1-8-2-13(11(14)3-12(8)17(18)19)16-6-9-4-15-5-10(9)7-16/h2-3,9-10,15H,4-7H2,1H3. The third kappa shape index (κ3) is 2.23. The van der Waals surface area contributed by atoms with Crippen molar-refractivity contribution in [3.05, 3.63) is 32.3 Å². The summed E-state index contributed by atoms with van der Waals surface area (Å²) in [6.07, 6.45) is 0. The molecule has 0 aliphatic carbocycles. The second-order valence-corrected chi connectivity index (χ2v) is 6.28. The van der Waals surface area contributed by atoms with Gasteiger partial charge in [-0.15, -0.1) is 0 Å². The maximum Gasteiger partial charge on any atom is 0.273 e. The Morgan fingerprint density at radius 2 is 2.00 bits per heavy atom. The summed E-state index contributed by atoms with van der Waals surface area (Å²) in [5, 5.41) is 14.3. The molecule has 1 N–H and O–H groups in total. The number of hydrogen-bond donors (Lipinski definition) is 1. The van der Waals surface area contributed by atoms with Crippen molar-refractivity contribution < 1.29 is 4.92 Å². The first kappa shape index (κ1) is 12.9. The van der Waals surface area contributed by atoms with Crippen LogP contribution in [0, 0.1) is 28.9 Å². The molecule has 19 heavy (non-hydrogen) atoms. The quantitative estimate of drug-likeness (QED) is 0.669. The van der Waals surface area contributed by atoms with E-state index >= 15 is 0 Å². The van der Waals surface area contributed by atoms with E-state index in [1.165, 1.54) is 0 Å². The van der Waals surface area contributed by atoms with Crippen molar-refractivity contribution in [2.24, 2.45) is 11.8 Å². The predicted octanol–water partition coefficient (Wildman–Crippen LogP) is 2.32. The van der Waals surface area contributed by atoms with Gasteiger partial charge < -0.3 is 10.2 Å². The normalized spacial score (nSPS) is 25.7. The number of halogens is 1. The van der Waals surface area contributed by atoms with Crippen LogP contribution in [-0.4, -0.2) is 31.1 Å². The molecule has 2 aliphatic rings. The number of hydrogen-bond acceptors (Lipinski definition) is 4. The Hall–Kier alpha value is -1.14. The summed E-state index contributed by atoms with van der Waals surface area (Å²) in [5.41, 5.74) is 1.98. The fraction of sp³-hybridized carbons (Fsp3) is 0.538. The molecule has 6 heteroatoms. The first-order valence-corrected chi connectivity index (χ1v) is 7.25. The van der Waals surface area contributed by atoms with Crippen molar-refractivity contribution >= 4 is 27.3 Å². The van der Waals surface area contributed by atoms with Crippen LogP contribution in [0.2, 0.25) is 0 Å². The monoisotopic (exact) mass is 325 g/mol. The second-order valence-electron chi connectivity index (χ2n) is 5.43. The minimum absolute atomic E-state index is 0.177. The first-order valence-electron chi connectivity index (χ1n) is 6.46. The highest BCUT2D eigenvalue weighted by Crippen LogP contribution is 2.37. The number of anilines is 1. The van der Waals surface area contributed by atoms with Gasteiger partial charge in [0.25, 0.3) is 5.69 Å². The number of nitrogens with zero attached hydrogens (tertiary/aromatic N) is 2. The molecule has 1 aromatic carbocycles. The maximum atomic E-state index is 10.9. The van der Waals surface area contributed by atoms with Crippen molar-refractivity contribution in [2.75, 3.05) is 31.1 Å². The third-order valence-electron chi connectivity index (χ3n) is 4.19. The van der Waals surface area contributed by atoms with E-state index in [0.717, 1.165) is 41.9 Å². The molecule has 5 nitrogen and oxygen atoms in total. The fourth-order valence-electron chi connectivity index (χ4n) is 3.15. The number of nitro benzene ring substituents is 1. The van der Waals surface area contributed by atoms with Gasteiger partial charge in [0.2, 0.25) is 0 Å². The van der Waals surface area contributed by atoms with Crippen LogP contribution in [0.4, 0.5) is 11.4 Å². The smallest absolute Gasteiger partial charge is 0.273 e. The summed E-state index contributed by atoms with van der Waals surface area (Å²) >= 11 is 3.48. The molecule has 102 valence electrons. The fourth-order valence-corrected chi connectivity index (χ4v) is 3.73. The van der Waals surface area contributed by atoms with E-state index in [2.05, 4.69) is 26.1 Å². The minimum atomic E-state index is -0.327. The number of nitro groups is 1. The molecule has 0 spiro atoms. The molecule has 0 amide bonds. The molecular formula is C13H16BrN3O2. The Labute approximate surface area is 120 Å². The summed E-state index contributed by atoms with van der Waals surface area (Å²) in [6.45, 7) is 6.04. The van der Waals surface area contributed by atoms with Crippen LogP contribution in [-0.2, 0) is 0 Å². The SMILES string of the molecule is Cc1cc(N2CC3CNCC3C2)c(Br)cc1[N+](=O)[O-]. The van der Waals surface area contributed by atoms with E-state index in [1.54, 1.807) is 13.0 Å². The summed E-state index contributed by atoms with van der Waals surface area (Å²) in [5.74, 6) is 1.42. The van der Waals surface area contributed by atoms with Gasteiger partial charge in [-0.2, -0.15) is 0 Å². The van der Waals surface area contributed by atoms with Gasteiger partial charge in [0.1, 0.15) is 0 Å². The molecule has 2 fully saturated rings. The summed E-state index contributed by atoms with van der Waals surface area (Å²) in [4.78, 5) is 12.9. The Balaban J connectivity index is 1.89. The highest BCUT2D eigenvalue weighted by Gasteiger charge is 2.36. The number of rotatable bonds is 2. The van der Waals surface area contributed by atoms with Crippen LogP contribution in [0.25, 0.3) is 0 Å². The van der Waals surface area contributed by atoms with Gasteiger partial charge in [0, 0.05) is 42.3 Å². The first-order chi connectivity index (χ1) is 9.06. The van der Waals surface area contributed by atoms with E-state index in [0.29, 0.717) is 11.8 Å². The van der Waals surface area contributed by atoms with Gasteiger partial charge in [-0.3, -0.25) is 10.1 Å². The Bertz CT molecular complexity index is 523. The van der Waals surface area contributed by atoms with Crippen molar-refractivity contribution in [2.45, 2.75) is 6.92 Å². The van der Waals surface area contributed by atoms with Gasteiger partial charge >= 0.3 is 0 Å². The van der Waals surface area contributed by atoms with Crippen LogP contribution in [0.15, 0.2) is 16.6 Å². The lowest BCUT2D eigenvalue weighted by Gasteiger charge is -2.21. The van der Waals surface area contributed by atoms with Crippen LogP contribution in [0.1, 0.15) is 5.56 Å². The van der Waals surface area contributed by atoms with Gasteiger partial charge in [-0.05, 0) is 40.8 Å². The van der Waals surface area contributed by atoms with Crippen molar-refractivity contribution in [3.8, 4) is 0 Å². The van der Waals surface area contributed by atoms with E-state index in [1.807, 2.05) is 6.07 Å². The van der Waals surface area contributed by atoms with Crippen molar-refractivity contribution in [1.29, 1.82) is 0 Å². The minimum Gasteiger partial charge on any atom is -0.370 e. The summed E-state index contributed by atoms with van der Waals surface area (Å²) in [6, 6.07) is 3.55. The molecule has 3 rings (SSSR count). The Kier molecular flexibility index (Phi) is 3.22. The zero-order valence-corrected chi connectivity index (χ0v) is 12.3. The lowest BCUT2D eigenvalue weighted by molar-refractivity contribution is -0.385.